The molecule has 5 N–H and O–H groups in total. The quantitative estimate of drug-likeness (QED) is 0.615. The number of benzene rings is 1. The van der Waals surface area contributed by atoms with Gasteiger partial charge < -0.3 is 16.4 Å². The average Bonchev–Trinajstić information content (AvgIpc) is 2.91. The lowest BCUT2D eigenvalue weighted by Gasteiger charge is -2.31. The first-order chi connectivity index (χ1) is 11.6. The molecule has 4 rings (SSSR count). The molecule has 2 atom stereocenters. The van der Waals surface area contributed by atoms with Crippen molar-refractivity contribution in [2.45, 2.75) is 31.8 Å². The zero-order valence-electron chi connectivity index (χ0n) is 13.7. The highest BCUT2D eigenvalue weighted by atomic mass is 19.1. The summed E-state index contributed by atoms with van der Waals surface area (Å²) in [6, 6.07) is 2.97. The lowest BCUT2D eigenvalue weighted by atomic mass is 9.88. The van der Waals surface area contributed by atoms with Crippen LogP contribution in [0.1, 0.15) is 29.9 Å². The topological polar surface area (TPSA) is 82.4 Å². The van der Waals surface area contributed by atoms with Gasteiger partial charge >= 0.3 is 0 Å². The van der Waals surface area contributed by atoms with Gasteiger partial charge in [-0.05, 0) is 42.2 Å². The predicted octanol–water partition coefficient (Wildman–Crippen LogP) is 0.912. The van der Waals surface area contributed by atoms with E-state index < -0.39 is 0 Å². The minimum Gasteiger partial charge on any atom is -0.385 e. The van der Waals surface area contributed by atoms with E-state index in [0.717, 1.165) is 41.1 Å². The van der Waals surface area contributed by atoms with Crippen LogP contribution in [0.4, 0.5) is 10.1 Å². The van der Waals surface area contributed by atoms with Crippen molar-refractivity contribution in [3.63, 3.8) is 0 Å². The number of aryl methyl sites for hydroxylation is 1. The molecule has 1 aromatic rings. The van der Waals surface area contributed by atoms with Crippen molar-refractivity contribution in [2.75, 3.05) is 25.0 Å². The number of hydrogen-bond acceptors (Lipinski definition) is 5. The Morgan fingerprint density at radius 2 is 2.21 bits per heavy atom. The smallest absolute Gasteiger partial charge is 0.248 e. The molecule has 0 radical (unpaired) electrons. The first-order valence-electron chi connectivity index (χ1n) is 8.38. The minimum atomic E-state index is -0.364. The van der Waals surface area contributed by atoms with Crippen molar-refractivity contribution in [2.24, 2.45) is 5.73 Å². The maximum absolute atomic E-state index is 13.9. The van der Waals surface area contributed by atoms with Crippen molar-refractivity contribution < 1.29 is 9.18 Å². The van der Waals surface area contributed by atoms with Crippen LogP contribution >= 0.6 is 0 Å². The normalized spacial score (nSPS) is 26.0. The predicted molar refractivity (Wildman–Crippen MR) is 89.5 cm³/mol. The Kier molecular flexibility index (Phi) is 3.79. The molecule has 128 valence electrons. The van der Waals surface area contributed by atoms with Crippen LogP contribution in [0.5, 0.6) is 0 Å². The van der Waals surface area contributed by atoms with Gasteiger partial charge in [0.05, 0.1) is 12.1 Å². The van der Waals surface area contributed by atoms with Crippen molar-refractivity contribution >= 4 is 11.6 Å². The number of nitrogens with zero attached hydrogens (tertiary/aromatic N) is 1. The molecule has 1 amide bonds. The number of amides is 1. The second-order valence-electron chi connectivity index (χ2n) is 6.63. The number of carbonyl (C=O) groups excluding carboxylic acids is 1. The van der Waals surface area contributed by atoms with Crippen LogP contribution in [-0.4, -0.2) is 36.7 Å². The van der Waals surface area contributed by atoms with Crippen LogP contribution in [0.15, 0.2) is 23.4 Å². The highest BCUT2D eigenvalue weighted by Crippen LogP contribution is 2.37. The molecule has 0 spiro atoms. The minimum absolute atomic E-state index is 0.0508. The van der Waals surface area contributed by atoms with E-state index in [9.17, 15) is 9.18 Å². The van der Waals surface area contributed by atoms with E-state index in [1.54, 1.807) is 5.01 Å². The number of carbonyl (C=O) groups is 1. The van der Waals surface area contributed by atoms with Gasteiger partial charge in [0.1, 0.15) is 5.82 Å². The lowest BCUT2D eigenvalue weighted by molar-refractivity contribution is -0.133. The van der Waals surface area contributed by atoms with E-state index in [-0.39, 0.29) is 23.8 Å². The van der Waals surface area contributed by atoms with Gasteiger partial charge in [0.15, 0.2) is 0 Å². The van der Waals surface area contributed by atoms with Crippen molar-refractivity contribution in [3.05, 3.63) is 40.3 Å². The van der Waals surface area contributed by atoms with Gasteiger partial charge in [-0.3, -0.25) is 4.79 Å². The van der Waals surface area contributed by atoms with Crippen molar-refractivity contribution in [1.82, 2.24) is 15.8 Å². The fourth-order valence-electron chi connectivity index (χ4n) is 3.92. The zero-order valence-corrected chi connectivity index (χ0v) is 13.7. The van der Waals surface area contributed by atoms with Crippen LogP contribution in [0.2, 0.25) is 0 Å². The molecule has 3 aliphatic heterocycles. The molecule has 3 aliphatic rings. The number of anilines is 1. The number of nitrogens with one attached hydrogen (secondary N) is 3. The summed E-state index contributed by atoms with van der Waals surface area (Å²) in [7, 11) is 0. The summed E-state index contributed by atoms with van der Waals surface area (Å²) in [5, 5.41) is 8.19. The molecule has 2 unspecified atom stereocenters. The van der Waals surface area contributed by atoms with E-state index in [2.05, 4.69) is 16.1 Å². The lowest BCUT2D eigenvalue weighted by Crippen LogP contribution is -2.47. The Morgan fingerprint density at radius 1 is 1.38 bits per heavy atom. The fraction of sp³-hybridized carbons (Fsp3) is 0.471. The third-order valence-electron chi connectivity index (χ3n) is 5.10. The summed E-state index contributed by atoms with van der Waals surface area (Å²) in [5.41, 5.74) is 13.7. The van der Waals surface area contributed by atoms with Crippen LogP contribution in [-0.2, 0) is 4.79 Å². The third kappa shape index (κ3) is 2.40. The standard InChI is InChI=1S/C17H22FN5O/c1-9-6-10(18)7-12-11(2-5-21-15(9)12)17(24)23-14-3-4-20-8-13(14)16(19)22-23/h6-7,11,16,20-22H,2-5,8,19H2,1H3. The Labute approximate surface area is 140 Å². The second-order valence-corrected chi connectivity index (χ2v) is 6.63. The number of nitrogens with two attached hydrogens (primary N) is 1. The second kappa shape index (κ2) is 5.84. The summed E-state index contributed by atoms with van der Waals surface area (Å²) in [6.45, 7) is 4.08. The maximum atomic E-state index is 13.9. The summed E-state index contributed by atoms with van der Waals surface area (Å²) < 4.78 is 13.9. The highest BCUT2D eigenvalue weighted by Gasteiger charge is 2.38. The van der Waals surface area contributed by atoms with Gasteiger partial charge in [-0.25, -0.2) is 14.8 Å². The first kappa shape index (κ1) is 15.6. The summed E-state index contributed by atoms with van der Waals surface area (Å²) in [5.74, 6) is -0.720. The highest BCUT2D eigenvalue weighted by molar-refractivity contribution is 5.88. The van der Waals surface area contributed by atoms with Crippen LogP contribution in [0, 0.1) is 12.7 Å². The zero-order chi connectivity index (χ0) is 16.8. The summed E-state index contributed by atoms with van der Waals surface area (Å²) >= 11 is 0. The van der Waals surface area contributed by atoms with Crippen molar-refractivity contribution in [3.8, 4) is 0 Å². The van der Waals surface area contributed by atoms with E-state index in [0.29, 0.717) is 19.5 Å². The molecule has 0 saturated heterocycles. The van der Waals surface area contributed by atoms with Crippen LogP contribution in [0.25, 0.3) is 0 Å². The monoisotopic (exact) mass is 331 g/mol. The maximum Gasteiger partial charge on any atom is 0.248 e. The van der Waals surface area contributed by atoms with Gasteiger partial charge in [-0.2, -0.15) is 0 Å². The molecule has 0 bridgehead atoms. The van der Waals surface area contributed by atoms with E-state index >= 15 is 0 Å². The molecule has 6 nitrogen and oxygen atoms in total. The van der Waals surface area contributed by atoms with E-state index in [1.165, 1.54) is 12.1 Å². The Balaban J connectivity index is 1.69. The number of rotatable bonds is 1. The van der Waals surface area contributed by atoms with Gasteiger partial charge in [-0.15, -0.1) is 0 Å². The van der Waals surface area contributed by atoms with Gasteiger partial charge in [0, 0.05) is 37.4 Å². The van der Waals surface area contributed by atoms with Gasteiger partial charge in [-0.1, -0.05) is 0 Å². The SMILES string of the molecule is Cc1cc(F)cc2c1NCCC2C(=O)N1NC(N)C2=C1CCNC2. The van der Waals surface area contributed by atoms with Crippen LogP contribution < -0.4 is 21.8 Å². The molecule has 0 aromatic heterocycles. The Bertz CT molecular complexity index is 732. The summed E-state index contributed by atoms with van der Waals surface area (Å²) in [6.07, 6.45) is 1.07. The molecule has 0 fully saturated rings. The number of fused-ring (bicyclic) bond motifs is 1. The Hall–Kier alpha value is -1.96. The molecule has 24 heavy (non-hydrogen) atoms. The number of hydrogen-bond donors (Lipinski definition) is 4. The van der Waals surface area contributed by atoms with Crippen molar-refractivity contribution in [1.29, 1.82) is 0 Å². The Morgan fingerprint density at radius 3 is 3.04 bits per heavy atom. The molecule has 1 aromatic carbocycles. The fourth-order valence-corrected chi connectivity index (χ4v) is 3.92. The van der Waals surface area contributed by atoms with E-state index in [4.69, 9.17) is 5.73 Å². The van der Waals surface area contributed by atoms with Gasteiger partial charge in [0.2, 0.25) is 5.91 Å². The molecule has 0 aliphatic carbocycles. The van der Waals surface area contributed by atoms with Crippen LogP contribution in [0.3, 0.4) is 0 Å². The summed E-state index contributed by atoms with van der Waals surface area (Å²) in [4.78, 5) is 13.2. The average molecular weight is 331 g/mol. The molecule has 7 heteroatoms. The number of hydrazine groups is 1. The van der Waals surface area contributed by atoms with E-state index in [1.807, 2.05) is 6.92 Å². The number of halogens is 1. The molecular formula is C17H22FN5O. The molecule has 0 saturated carbocycles. The van der Waals surface area contributed by atoms with Gasteiger partial charge in [0.25, 0.3) is 0 Å². The molecular weight excluding hydrogens is 309 g/mol. The third-order valence-corrected chi connectivity index (χ3v) is 5.10. The first-order valence-corrected chi connectivity index (χ1v) is 8.38. The largest absolute Gasteiger partial charge is 0.385 e. The molecule has 3 heterocycles.